The highest BCUT2D eigenvalue weighted by Crippen LogP contribution is 2.66. The third kappa shape index (κ3) is 2.18. The number of hydrogen-bond acceptors (Lipinski definition) is 4. The van der Waals surface area contributed by atoms with Crippen molar-refractivity contribution in [2.45, 2.75) is 30.7 Å². The Hall–Kier alpha value is -1.72. The average molecular weight is 362 g/mol. The van der Waals surface area contributed by atoms with Gasteiger partial charge in [-0.25, -0.2) is 0 Å². The lowest BCUT2D eigenvalue weighted by Gasteiger charge is -2.34. The summed E-state index contributed by atoms with van der Waals surface area (Å²) in [5, 5.41) is 4.23. The molecule has 2 aliphatic heterocycles. The van der Waals surface area contributed by atoms with Gasteiger partial charge >= 0.3 is 0 Å². The summed E-state index contributed by atoms with van der Waals surface area (Å²) < 4.78 is 0. The minimum absolute atomic E-state index is 0.313. The molecule has 2 saturated heterocycles. The number of benzene rings is 2. The summed E-state index contributed by atoms with van der Waals surface area (Å²) in [4.78, 5) is 12.9. The summed E-state index contributed by atoms with van der Waals surface area (Å²) in [6.45, 7) is 0. The summed E-state index contributed by atoms with van der Waals surface area (Å²) in [6.07, 6.45) is 1.86. The third-order valence-electron chi connectivity index (χ3n) is 7.51. The second-order valence-corrected chi connectivity index (χ2v) is 8.66. The molecule has 2 heterocycles. The number of nitrogens with zero attached hydrogens (tertiary/aromatic N) is 2. The van der Waals surface area contributed by atoms with Gasteiger partial charge in [-0.1, -0.05) is 60.7 Å². The van der Waals surface area contributed by atoms with Crippen molar-refractivity contribution in [2.75, 3.05) is 14.1 Å². The van der Waals surface area contributed by atoms with Gasteiger partial charge in [-0.3, -0.25) is 9.68 Å². The van der Waals surface area contributed by atoms with E-state index in [0.717, 1.165) is 0 Å². The van der Waals surface area contributed by atoms with Crippen LogP contribution in [-0.4, -0.2) is 36.4 Å². The Morgan fingerprint density at radius 2 is 1.07 bits per heavy atom. The molecule has 0 amide bonds. The van der Waals surface area contributed by atoms with Gasteiger partial charge in [0.05, 0.1) is 24.3 Å². The summed E-state index contributed by atoms with van der Waals surface area (Å²) in [5.41, 5.74) is 2.73. The van der Waals surface area contributed by atoms with Crippen LogP contribution < -0.4 is 0 Å². The highest BCUT2D eigenvalue weighted by Gasteiger charge is 2.69. The van der Waals surface area contributed by atoms with Crippen LogP contribution in [0.1, 0.15) is 29.6 Å². The first-order valence-corrected chi connectivity index (χ1v) is 10.1. The van der Waals surface area contributed by atoms with Gasteiger partial charge < -0.3 is 0 Å². The quantitative estimate of drug-likeness (QED) is 0.810. The standard InChI is InChI=1S/C23H26N2O2/c1-24-20(14-9-5-3-6-10-14)18-16-13-17(22(18)26-24)19-21(25(2)27-23(16)19)15-11-7-4-8-12-15/h3-12,16-23H,13H2,1-2H3/t16-,17+,18-,19-,20+,21+,22-,23+/m0/s1. The van der Waals surface area contributed by atoms with Gasteiger partial charge in [0, 0.05) is 25.9 Å². The molecule has 2 aromatic rings. The van der Waals surface area contributed by atoms with Crippen LogP contribution in [0, 0.1) is 23.7 Å². The largest absolute Gasteiger partial charge is 0.295 e. The van der Waals surface area contributed by atoms with E-state index in [1.165, 1.54) is 17.5 Å². The van der Waals surface area contributed by atoms with E-state index in [2.05, 4.69) is 84.9 Å². The summed E-state index contributed by atoms with van der Waals surface area (Å²) in [5.74, 6) is 2.17. The Balaban J connectivity index is 1.36. The van der Waals surface area contributed by atoms with E-state index in [1.807, 2.05) is 0 Å². The number of rotatable bonds is 2. The highest BCUT2D eigenvalue weighted by atomic mass is 16.7. The van der Waals surface area contributed by atoms with Crippen LogP contribution in [0.25, 0.3) is 0 Å². The first-order chi connectivity index (χ1) is 13.2. The molecule has 2 aliphatic carbocycles. The Morgan fingerprint density at radius 1 is 0.667 bits per heavy atom. The second kappa shape index (κ2) is 5.89. The van der Waals surface area contributed by atoms with Gasteiger partial charge in [-0.15, -0.1) is 0 Å². The number of hydrogen-bond donors (Lipinski definition) is 0. The van der Waals surface area contributed by atoms with E-state index in [1.54, 1.807) is 0 Å². The maximum atomic E-state index is 6.47. The van der Waals surface area contributed by atoms with Crippen molar-refractivity contribution in [3.8, 4) is 0 Å². The maximum Gasteiger partial charge on any atom is 0.0876 e. The summed E-state index contributed by atoms with van der Waals surface area (Å²) in [7, 11) is 4.21. The Morgan fingerprint density at radius 3 is 1.48 bits per heavy atom. The molecule has 140 valence electrons. The number of fused-ring (bicyclic) bond motifs is 8. The SMILES string of the molecule is CN1O[C@@H]2[C@H]3C[C@@H]([C@@H]4ON(C)[C@H](c5ccccc5)[C@H]34)[C@H]2[C@H]1c1ccccc1. The molecule has 27 heavy (non-hydrogen) atoms. The predicted molar refractivity (Wildman–Crippen MR) is 102 cm³/mol. The van der Waals surface area contributed by atoms with E-state index in [-0.39, 0.29) is 0 Å². The minimum Gasteiger partial charge on any atom is -0.295 e. The van der Waals surface area contributed by atoms with Gasteiger partial charge in [-0.2, -0.15) is 10.1 Å². The zero-order chi connectivity index (χ0) is 18.1. The molecular formula is C23H26N2O2. The normalized spacial score (nSPS) is 43.2. The van der Waals surface area contributed by atoms with Crippen molar-refractivity contribution < 1.29 is 9.68 Å². The van der Waals surface area contributed by atoms with E-state index in [9.17, 15) is 0 Å². The molecule has 2 saturated carbocycles. The Labute approximate surface area is 160 Å². The van der Waals surface area contributed by atoms with Crippen molar-refractivity contribution >= 4 is 0 Å². The highest BCUT2D eigenvalue weighted by molar-refractivity contribution is 5.28. The number of hydroxylamine groups is 4. The second-order valence-electron chi connectivity index (χ2n) is 8.66. The van der Waals surface area contributed by atoms with Crippen LogP contribution in [0.5, 0.6) is 0 Å². The van der Waals surface area contributed by atoms with Crippen molar-refractivity contribution in [3.05, 3.63) is 71.8 Å². The zero-order valence-corrected chi connectivity index (χ0v) is 15.8. The van der Waals surface area contributed by atoms with Crippen LogP contribution in [0.15, 0.2) is 60.7 Å². The van der Waals surface area contributed by atoms with Crippen LogP contribution in [0.2, 0.25) is 0 Å². The fourth-order valence-electron chi connectivity index (χ4n) is 6.68. The summed E-state index contributed by atoms with van der Waals surface area (Å²) in [6, 6.07) is 22.4. The van der Waals surface area contributed by atoms with Gasteiger partial charge in [0.1, 0.15) is 0 Å². The lowest BCUT2D eigenvalue weighted by atomic mass is 9.71. The topological polar surface area (TPSA) is 24.9 Å². The fraction of sp³-hybridized carbons (Fsp3) is 0.478. The van der Waals surface area contributed by atoms with E-state index in [0.29, 0.717) is 48.0 Å². The van der Waals surface area contributed by atoms with Gasteiger partial charge in [0.15, 0.2) is 0 Å². The molecule has 4 nitrogen and oxygen atoms in total. The zero-order valence-electron chi connectivity index (χ0n) is 15.8. The van der Waals surface area contributed by atoms with Gasteiger partial charge in [0.2, 0.25) is 0 Å². The summed E-state index contributed by atoms with van der Waals surface area (Å²) >= 11 is 0. The Kier molecular flexibility index (Phi) is 3.54. The molecule has 0 aromatic heterocycles. The molecule has 0 radical (unpaired) electrons. The van der Waals surface area contributed by atoms with E-state index >= 15 is 0 Å². The van der Waals surface area contributed by atoms with E-state index in [4.69, 9.17) is 9.68 Å². The van der Waals surface area contributed by atoms with Crippen molar-refractivity contribution in [1.82, 2.24) is 10.1 Å². The van der Waals surface area contributed by atoms with Gasteiger partial charge in [0.25, 0.3) is 0 Å². The smallest absolute Gasteiger partial charge is 0.0876 e. The van der Waals surface area contributed by atoms with Gasteiger partial charge in [-0.05, 0) is 29.4 Å². The van der Waals surface area contributed by atoms with Crippen LogP contribution in [0.3, 0.4) is 0 Å². The van der Waals surface area contributed by atoms with Crippen LogP contribution >= 0.6 is 0 Å². The lowest BCUT2D eigenvalue weighted by Crippen LogP contribution is -2.40. The molecule has 2 bridgehead atoms. The van der Waals surface area contributed by atoms with Crippen LogP contribution in [0.4, 0.5) is 0 Å². The molecular weight excluding hydrogens is 336 g/mol. The molecule has 8 atom stereocenters. The first kappa shape index (κ1) is 16.3. The Bertz CT molecular complexity index is 759. The molecule has 0 unspecified atom stereocenters. The molecule has 2 aromatic carbocycles. The fourth-order valence-corrected chi connectivity index (χ4v) is 6.68. The molecule has 4 aliphatic rings. The predicted octanol–water partition coefficient (Wildman–Crippen LogP) is 3.84. The van der Waals surface area contributed by atoms with Crippen molar-refractivity contribution in [1.29, 1.82) is 0 Å². The molecule has 4 fully saturated rings. The molecule has 0 N–H and O–H groups in total. The van der Waals surface area contributed by atoms with Crippen molar-refractivity contribution in [3.63, 3.8) is 0 Å². The lowest BCUT2D eigenvalue weighted by molar-refractivity contribution is -0.165. The first-order valence-electron chi connectivity index (χ1n) is 10.1. The molecule has 0 spiro atoms. The maximum absolute atomic E-state index is 6.47. The van der Waals surface area contributed by atoms with Crippen molar-refractivity contribution in [2.24, 2.45) is 23.7 Å². The molecule has 4 heteroatoms. The molecule has 6 rings (SSSR count). The monoisotopic (exact) mass is 362 g/mol. The third-order valence-corrected chi connectivity index (χ3v) is 7.51. The minimum atomic E-state index is 0.313. The van der Waals surface area contributed by atoms with E-state index < -0.39 is 0 Å². The van der Waals surface area contributed by atoms with Crippen LogP contribution in [-0.2, 0) is 9.68 Å². The average Bonchev–Trinajstić information content (AvgIpc) is 3.40.